The van der Waals surface area contributed by atoms with Crippen molar-refractivity contribution in [2.75, 3.05) is 13.1 Å². The van der Waals surface area contributed by atoms with E-state index in [1.165, 1.54) is 19.3 Å². The number of thiocarbonyl (C=S) groups is 1. The van der Waals surface area contributed by atoms with Crippen molar-refractivity contribution in [3.63, 3.8) is 0 Å². The maximum absolute atomic E-state index is 10.5. The SMILES string of the molecule is C=CCN(CC=C)C(=S)[C@H](C)[C@@H](O)C1CCCCC1. The van der Waals surface area contributed by atoms with Gasteiger partial charge in [-0.3, -0.25) is 0 Å². The molecule has 1 saturated carbocycles. The molecule has 1 rings (SSSR count). The number of nitrogens with zero attached hydrogens (tertiary/aromatic N) is 1. The van der Waals surface area contributed by atoms with Gasteiger partial charge in [0, 0.05) is 19.0 Å². The Morgan fingerprint density at radius 3 is 2.26 bits per heavy atom. The Balaban J connectivity index is 2.61. The molecule has 0 aromatic carbocycles. The van der Waals surface area contributed by atoms with Crippen molar-refractivity contribution in [1.82, 2.24) is 4.90 Å². The molecule has 0 unspecified atom stereocenters. The maximum Gasteiger partial charge on any atom is 0.0839 e. The molecular formula is C16H27NOS. The minimum absolute atomic E-state index is 0.0259. The monoisotopic (exact) mass is 281 g/mol. The Morgan fingerprint density at radius 1 is 1.26 bits per heavy atom. The van der Waals surface area contributed by atoms with E-state index < -0.39 is 0 Å². The topological polar surface area (TPSA) is 23.5 Å². The van der Waals surface area contributed by atoms with Gasteiger partial charge in [0.25, 0.3) is 0 Å². The summed E-state index contributed by atoms with van der Waals surface area (Å²) in [6.45, 7) is 11.0. The molecule has 1 aliphatic carbocycles. The lowest BCUT2D eigenvalue weighted by atomic mass is 9.80. The largest absolute Gasteiger partial charge is 0.392 e. The summed E-state index contributed by atoms with van der Waals surface area (Å²) in [5.74, 6) is 0.439. The first-order valence-corrected chi connectivity index (χ1v) is 7.71. The van der Waals surface area contributed by atoms with E-state index in [2.05, 4.69) is 18.1 Å². The third-order valence-corrected chi connectivity index (χ3v) is 4.68. The molecule has 3 heteroatoms. The highest BCUT2D eigenvalue weighted by Gasteiger charge is 2.29. The number of hydrogen-bond acceptors (Lipinski definition) is 2. The molecule has 1 N–H and O–H groups in total. The Kier molecular flexibility index (Phi) is 7.32. The van der Waals surface area contributed by atoms with Crippen molar-refractivity contribution in [3.05, 3.63) is 25.3 Å². The molecule has 19 heavy (non-hydrogen) atoms. The summed E-state index contributed by atoms with van der Waals surface area (Å²) in [4.78, 5) is 2.89. The molecule has 0 spiro atoms. The van der Waals surface area contributed by atoms with Crippen LogP contribution in [0.3, 0.4) is 0 Å². The van der Waals surface area contributed by atoms with Crippen LogP contribution in [0.1, 0.15) is 39.0 Å². The minimum Gasteiger partial charge on any atom is -0.392 e. The maximum atomic E-state index is 10.5. The molecule has 0 saturated heterocycles. The van der Waals surface area contributed by atoms with E-state index in [-0.39, 0.29) is 12.0 Å². The molecule has 0 aromatic rings. The first kappa shape index (κ1) is 16.4. The van der Waals surface area contributed by atoms with E-state index in [0.717, 1.165) is 17.8 Å². The summed E-state index contributed by atoms with van der Waals surface area (Å²) in [6, 6.07) is 0. The summed E-state index contributed by atoms with van der Waals surface area (Å²) in [5, 5.41) is 10.5. The van der Waals surface area contributed by atoms with Gasteiger partial charge >= 0.3 is 0 Å². The fraction of sp³-hybridized carbons (Fsp3) is 0.688. The van der Waals surface area contributed by atoms with Crippen molar-refractivity contribution < 1.29 is 5.11 Å². The van der Waals surface area contributed by atoms with Crippen LogP contribution in [-0.4, -0.2) is 34.2 Å². The Hall–Kier alpha value is -0.670. The average Bonchev–Trinajstić information content (AvgIpc) is 2.45. The molecule has 1 fully saturated rings. The zero-order valence-corrected chi connectivity index (χ0v) is 12.9. The number of rotatable bonds is 7. The summed E-state index contributed by atoms with van der Waals surface area (Å²) in [5.41, 5.74) is 0. The molecule has 0 heterocycles. The highest BCUT2D eigenvalue weighted by molar-refractivity contribution is 7.80. The van der Waals surface area contributed by atoms with E-state index >= 15 is 0 Å². The van der Waals surface area contributed by atoms with Crippen LogP contribution in [-0.2, 0) is 0 Å². The van der Waals surface area contributed by atoms with Gasteiger partial charge in [-0.1, -0.05) is 50.6 Å². The highest BCUT2D eigenvalue weighted by Crippen LogP contribution is 2.30. The smallest absolute Gasteiger partial charge is 0.0839 e. The van der Waals surface area contributed by atoms with Gasteiger partial charge in [0.2, 0.25) is 0 Å². The number of aliphatic hydroxyl groups excluding tert-OH is 1. The van der Waals surface area contributed by atoms with Crippen LogP contribution in [0.15, 0.2) is 25.3 Å². The zero-order chi connectivity index (χ0) is 14.3. The Labute approximate surface area is 123 Å². The van der Waals surface area contributed by atoms with Gasteiger partial charge in [-0.15, -0.1) is 13.2 Å². The lowest BCUT2D eigenvalue weighted by Crippen LogP contribution is -2.41. The van der Waals surface area contributed by atoms with Gasteiger partial charge in [-0.2, -0.15) is 0 Å². The minimum atomic E-state index is -0.315. The van der Waals surface area contributed by atoms with Crippen LogP contribution in [0.2, 0.25) is 0 Å². The van der Waals surface area contributed by atoms with Crippen molar-refractivity contribution in [3.8, 4) is 0 Å². The lowest BCUT2D eigenvalue weighted by Gasteiger charge is -2.34. The van der Waals surface area contributed by atoms with E-state index in [0.29, 0.717) is 19.0 Å². The summed E-state index contributed by atoms with van der Waals surface area (Å²) >= 11 is 5.54. The van der Waals surface area contributed by atoms with Gasteiger partial charge in [0.05, 0.1) is 11.1 Å². The second kappa shape index (κ2) is 8.49. The normalized spacial score (nSPS) is 19.5. The van der Waals surface area contributed by atoms with Crippen molar-refractivity contribution >= 4 is 17.2 Å². The van der Waals surface area contributed by atoms with Crippen LogP contribution < -0.4 is 0 Å². The first-order valence-electron chi connectivity index (χ1n) is 7.30. The van der Waals surface area contributed by atoms with E-state index in [4.69, 9.17) is 12.2 Å². The Morgan fingerprint density at radius 2 is 1.79 bits per heavy atom. The van der Waals surface area contributed by atoms with Crippen molar-refractivity contribution in [2.24, 2.45) is 11.8 Å². The zero-order valence-electron chi connectivity index (χ0n) is 12.1. The van der Waals surface area contributed by atoms with E-state index in [1.807, 2.05) is 19.1 Å². The lowest BCUT2D eigenvalue weighted by molar-refractivity contribution is 0.0591. The van der Waals surface area contributed by atoms with Crippen LogP contribution in [0, 0.1) is 11.8 Å². The van der Waals surface area contributed by atoms with Crippen molar-refractivity contribution in [2.45, 2.75) is 45.1 Å². The second-order valence-electron chi connectivity index (χ2n) is 5.50. The molecule has 108 valence electrons. The molecule has 0 amide bonds. The summed E-state index contributed by atoms with van der Waals surface area (Å²) < 4.78 is 0. The molecule has 0 aromatic heterocycles. The molecule has 0 bridgehead atoms. The number of hydrogen-bond donors (Lipinski definition) is 1. The second-order valence-corrected chi connectivity index (χ2v) is 5.92. The quantitative estimate of drug-likeness (QED) is 0.570. The van der Waals surface area contributed by atoms with E-state index in [9.17, 15) is 5.11 Å². The summed E-state index contributed by atoms with van der Waals surface area (Å²) in [6.07, 6.45) is 9.43. The predicted molar refractivity (Wildman–Crippen MR) is 86.3 cm³/mol. The van der Waals surface area contributed by atoms with Gasteiger partial charge in [0.15, 0.2) is 0 Å². The Bertz CT molecular complexity index is 300. The van der Waals surface area contributed by atoms with Gasteiger partial charge in [-0.25, -0.2) is 0 Å². The van der Waals surface area contributed by atoms with Gasteiger partial charge in [-0.05, 0) is 18.8 Å². The predicted octanol–water partition coefficient (Wildman–Crippen LogP) is 3.57. The van der Waals surface area contributed by atoms with Crippen LogP contribution in [0.4, 0.5) is 0 Å². The average molecular weight is 281 g/mol. The molecule has 0 radical (unpaired) electrons. The third-order valence-electron chi connectivity index (χ3n) is 4.05. The molecule has 2 atom stereocenters. The molecule has 1 aliphatic rings. The summed E-state index contributed by atoms with van der Waals surface area (Å²) in [7, 11) is 0. The molecular weight excluding hydrogens is 254 g/mol. The first-order chi connectivity index (χ1) is 9.11. The fourth-order valence-corrected chi connectivity index (χ4v) is 3.17. The fourth-order valence-electron chi connectivity index (χ4n) is 2.88. The van der Waals surface area contributed by atoms with Gasteiger partial charge in [0.1, 0.15) is 0 Å². The molecule has 2 nitrogen and oxygen atoms in total. The van der Waals surface area contributed by atoms with Crippen LogP contribution in [0.25, 0.3) is 0 Å². The third kappa shape index (κ3) is 4.73. The van der Waals surface area contributed by atoms with Crippen LogP contribution >= 0.6 is 12.2 Å². The van der Waals surface area contributed by atoms with Gasteiger partial charge < -0.3 is 10.0 Å². The van der Waals surface area contributed by atoms with Crippen molar-refractivity contribution in [1.29, 1.82) is 0 Å². The standard InChI is InChI=1S/C16H27NOS/c1-4-11-17(12-5-2)16(19)13(3)15(18)14-9-7-6-8-10-14/h4-5,13-15,18H,1-2,6-12H2,3H3/t13-,15-/m1/s1. The number of aliphatic hydroxyl groups is 1. The molecule has 0 aliphatic heterocycles. The van der Waals surface area contributed by atoms with Crippen LogP contribution in [0.5, 0.6) is 0 Å². The highest BCUT2D eigenvalue weighted by atomic mass is 32.1. The van der Waals surface area contributed by atoms with E-state index in [1.54, 1.807) is 0 Å².